The third-order valence-electron chi connectivity index (χ3n) is 2.56. The lowest BCUT2D eigenvalue weighted by atomic mass is 10.2. The highest BCUT2D eigenvalue weighted by atomic mass is 35.5. The number of nitrogens with zero attached hydrogens (tertiary/aromatic N) is 1. The van der Waals surface area contributed by atoms with Crippen molar-refractivity contribution in [3.8, 4) is 5.75 Å². The van der Waals surface area contributed by atoms with E-state index >= 15 is 0 Å². The van der Waals surface area contributed by atoms with Gasteiger partial charge in [0, 0.05) is 18.4 Å². The Hall–Kier alpha value is -1.33. The zero-order valence-electron chi connectivity index (χ0n) is 9.10. The number of ether oxygens (including phenoxy) is 2. The molecule has 1 aliphatic rings. The number of halogens is 1. The van der Waals surface area contributed by atoms with Gasteiger partial charge in [0.25, 0.3) is 0 Å². The zero-order valence-corrected chi connectivity index (χ0v) is 9.85. The van der Waals surface area contributed by atoms with Gasteiger partial charge in [-0.2, -0.15) is 0 Å². The molecule has 1 aromatic carbocycles. The van der Waals surface area contributed by atoms with Crippen LogP contribution in [0, 0.1) is 10.1 Å². The van der Waals surface area contributed by atoms with E-state index in [9.17, 15) is 10.1 Å². The first kappa shape index (κ1) is 12.1. The summed E-state index contributed by atoms with van der Waals surface area (Å²) >= 11 is 5.64. The van der Waals surface area contributed by atoms with Crippen LogP contribution in [0.1, 0.15) is 12.0 Å². The van der Waals surface area contributed by atoms with E-state index < -0.39 is 4.92 Å². The van der Waals surface area contributed by atoms with Crippen molar-refractivity contribution in [3.05, 3.63) is 33.9 Å². The van der Waals surface area contributed by atoms with Crippen molar-refractivity contribution in [2.24, 2.45) is 0 Å². The number of benzene rings is 1. The normalized spacial score (nSPS) is 19.2. The van der Waals surface area contributed by atoms with Gasteiger partial charge in [0.05, 0.1) is 18.1 Å². The van der Waals surface area contributed by atoms with Crippen LogP contribution in [0.25, 0.3) is 0 Å². The van der Waals surface area contributed by atoms with Gasteiger partial charge in [-0.15, -0.1) is 11.6 Å². The fourth-order valence-electron chi connectivity index (χ4n) is 1.67. The molecule has 0 aromatic heterocycles. The van der Waals surface area contributed by atoms with Gasteiger partial charge in [-0.25, -0.2) is 0 Å². The summed E-state index contributed by atoms with van der Waals surface area (Å²) in [6.07, 6.45) is 0.657. The summed E-state index contributed by atoms with van der Waals surface area (Å²) in [6.45, 7) is 1.12. The number of nitro groups is 1. The minimum atomic E-state index is -0.457. The average Bonchev–Trinajstić information content (AvgIpc) is 2.82. The van der Waals surface area contributed by atoms with Gasteiger partial charge in [0.2, 0.25) is 0 Å². The SMILES string of the molecule is O=[N+]([O-])c1cc(CCl)ccc1OC1CCOC1. The van der Waals surface area contributed by atoms with Gasteiger partial charge in [0.1, 0.15) is 6.10 Å². The molecule has 92 valence electrons. The fraction of sp³-hybridized carbons (Fsp3) is 0.455. The van der Waals surface area contributed by atoms with Crippen LogP contribution in [0.15, 0.2) is 18.2 Å². The summed E-state index contributed by atoms with van der Waals surface area (Å²) in [5, 5.41) is 10.9. The van der Waals surface area contributed by atoms with Crippen molar-refractivity contribution in [2.45, 2.75) is 18.4 Å². The van der Waals surface area contributed by atoms with E-state index in [1.165, 1.54) is 6.07 Å². The Balaban J connectivity index is 2.22. The van der Waals surface area contributed by atoms with E-state index in [0.29, 0.717) is 18.8 Å². The minimum absolute atomic E-state index is 0.0462. The van der Waals surface area contributed by atoms with Crippen LogP contribution in [-0.4, -0.2) is 24.2 Å². The van der Waals surface area contributed by atoms with E-state index in [1.807, 2.05) is 0 Å². The highest BCUT2D eigenvalue weighted by Crippen LogP contribution is 2.30. The third-order valence-corrected chi connectivity index (χ3v) is 2.86. The molecule has 5 nitrogen and oxygen atoms in total. The molecule has 6 heteroatoms. The number of rotatable bonds is 4. The van der Waals surface area contributed by atoms with Crippen molar-refractivity contribution in [2.75, 3.05) is 13.2 Å². The highest BCUT2D eigenvalue weighted by Gasteiger charge is 2.22. The summed E-state index contributed by atoms with van der Waals surface area (Å²) in [5.41, 5.74) is 0.656. The van der Waals surface area contributed by atoms with Gasteiger partial charge in [-0.1, -0.05) is 6.07 Å². The molecule has 0 aliphatic carbocycles. The largest absolute Gasteiger partial charge is 0.481 e. The molecule has 0 spiro atoms. The van der Waals surface area contributed by atoms with Gasteiger partial charge in [-0.05, 0) is 11.6 Å². The lowest BCUT2D eigenvalue weighted by molar-refractivity contribution is -0.386. The molecule has 1 heterocycles. The van der Waals surface area contributed by atoms with Crippen LogP contribution in [0.4, 0.5) is 5.69 Å². The molecule has 0 N–H and O–H groups in total. The maximum Gasteiger partial charge on any atom is 0.311 e. The van der Waals surface area contributed by atoms with Crippen molar-refractivity contribution in [1.29, 1.82) is 0 Å². The first-order valence-corrected chi connectivity index (χ1v) is 5.82. The van der Waals surface area contributed by atoms with Crippen LogP contribution in [0.2, 0.25) is 0 Å². The smallest absolute Gasteiger partial charge is 0.311 e. The quantitative estimate of drug-likeness (QED) is 0.472. The molecule has 0 radical (unpaired) electrons. The molecule has 1 unspecified atom stereocenters. The van der Waals surface area contributed by atoms with Crippen LogP contribution in [0.3, 0.4) is 0 Å². The second-order valence-corrected chi connectivity index (χ2v) is 4.06. The predicted octanol–water partition coefficient (Wildman–Crippen LogP) is 2.50. The van der Waals surface area contributed by atoms with E-state index in [0.717, 1.165) is 6.42 Å². The molecule has 0 saturated carbocycles. The standard InChI is InChI=1S/C11H12ClNO4/c12-6-8-1-2-11(10(5-8)13(14)15)17-9-3-4-16-7-9/h1-2,5,9H,3-4,6-7H2. The predicted molar refractivity (Wildman–Crippen MR) is 62.5 cm³/mol. The van der Waals surface area contributed by atoms with Gasteiger partial charge in [0.15, 0.2) is 5.75 Å². The summed E-state index contributed by atoms with van der Waals surface area (Å²) in [6, 6.07) is 4.76. The van der Waals surface area contributed by atoms with Gasteiger partial charge < -0.3 is 9.47 Å². The molecule has 1 aliphatic heterocycles. The van der Waals surface area contributed by atoms with E-state index in [1.54, 1.807) is 12.1 Å². The van der Waals surface area contributed by atoms with Crippen LogP contribution < -0.4 is 4.74 Å². The molecule has 1 saturated heterocycles. The average molecular weight is 258 g/mol. The van der Waals surface area contributed by atoms with Crippen molar-refractivity contribution >= 4 is 17.3 Å². The third kappa shape index (κ3) is 2.87. The number of hydrogen-bond donors (Lipinski definition) is 0. The lowest BCUT2D eigenvalue weighted by Crippen LogP contribution is -2.16. The maximum atomic E-state index is 10.9. The van der Waals surface area contributed by atoms with Crippen molar-refractivity contribution in [3.63, 3.8) is 0 Å². The molecule has 1 atom stereocenters. The van der Waals surface area contributed by atoms with Crippen LogP contribution >= 0.6 is 11.6 Å². The summed E-state index contributed by atoms with van der Waals surface area (Å²) in [4.78, 5) is 10.5. The molecule has 1 aromatic rings. The number of hydrogen-bond acceptors (Lipinski definition) is 4. The second kappa shape index (κ2) is 5.33. The summed E-state index contributed by atoms with van der Waals surface area (Å²) < 4.78 is 10.7. The van der Waals surface area contributed by atoms with E-state index in [4.69, 9.17) is 21.1 Å². The zero-order chi connectivity index (χ0) is 12.3. The fourth-order valence-corrected chi connectivity index (χ4v) is 1.84. The number of alkyl halides is 1. The first-order chi connectivity index (χ1) is 8.20. The monoisotopic (exact) mass is 257 g/mol. The highest BCUT2D eigenvalue weighted by molar-refractivity contribution is 6.17. The van der Waals surface area contributed by atoms with E-state index in [-0.39, 0.29) is 23.4 Å². The van der Waals surface area contributed by atoms with Gasteiger partial charge >= 0.3 is 5.69 Å². The molecular formula is C11H12ClNO4. The van der Waals surface area contributed by atoms with Crippen LogP contribution in [0.5, 0.6) is 5.75 Å². The molecular weight excluding hydrogens is 246 g/mol. The molecule has 1 fully saturated rings. The Morgan fingerprint density at radius 2 is 2.41 bits per heavy atom. The first-order valence-electron chi connectivity index (χ1n) is 5.28. The van der Waals surface area contributed by atoms with Gasteiger partial charge in [-0.3, -0.25) is 10.1 Å². The molecule has 2 rings (SSSR count). The molecule has 0 bridgehead atoms. The number of nitro benzene ring substituents is 1. The Morgan fingerprint density at radius 1 is 1.59 bits per heavy atom. The topological polar surface area (TPSA) is 61.6 Å². The minimum Gasteiger partial charge on any atom is -0.481 e. The Morgan fingerprint density at radius 3 is 3.00 bits per heavy atom. The second-order valence-electron chi connectivity index (χ2n) is 3.80. The Bertz CT molecular complexity index is 418. The summed E-state index contributed by atoms with van der Waals surface area (Å²) in [5.74, 6) is 0.521. The molecule has 17 heavy (non-hydrogen) atoms. The van der Waals surface area contributed by atoms with Crippen molar-refractivity contribution in [1.82, 2.24) is 0 Å². The molecule has 0 amide bonds. The Labute approximate surface area is 103 Å². The van der Waals surface area contributed by atoms with E-state index in [2.05, 4.69) is 0 Å². The lowest BCUT2D eigenvalue weighted by Gasteiger charge is -2.12. The Kier molecular flexibility index (Phi) is 3.81. The maximum absolute atomic E-state index is 10.9. The van der Waals surface area contributed by atoms with Crippen LogP contribution in [-0.2, 0) is 10.6 Å². The summed E-state index contributed by atoms with van der Waals surface area (Å²) in [7, 11) is 0. The van der Waals surface area contributed by atoms with Crippen molar-refractivity contribution < 1.29 is 14.4 Å².